The van der Waals surface area contributed by atoms with Gasteiger partial charge in [-0.15, -0.1) is 0 Å². The Labute approximate surface area is 117 Å². The number of nitrogens with zero attached hydrogens (tertiary/aromatic N) is 2. The van der Waals surface area contributed by atoms with Gasteiger partial charge in [0.05, 0.1) is 11.6 Å². The van der Waals surface area contributed by atoms with E-state index >= 15 is 0 Å². The highest BCUT2D eigenvalue weighted by Gasteiger charge is 2.17. The Balaban J connectivity index is 2.10. The van der Waals surface area contributed by atoms with Crippen molar-refractivity contribution in [1.29, 1.82) is 5.26 Å². The molecule has 0 aromatic heterocycles. The standard InChI is InChI=1S/C16H14FN3/c17-14-7-12(10-18)8-15(9-14)20-6-5-19-11-13-3-1-2-4-16(13)20/h1-4,7-9,19H,5-6,11H2. The highest BCUT2D eigenvalue weighted by molar-refractivity contribution is 5.68. The van der Waals surface area contributed by atoms with Gasteiger partial charge < -0.3 is 10.2 Å². The van der Waals surface area contributed by atoms with Crippen LogP contribution >= 0.6 is 0 Å². The highest BCUT2D eigenvalue weighted by atomic mass is 19.1. The Bertz CT molecular complexity index is 676. The molecule has 0 saturated heterocycles. The lowest BCUT2D eigenvalue weighted by Gasteiger charge is -2.25. The third-order valence-corrected chi connectivity index (χ3v) is 3.43. The minimum absolute atomic E-state index is 0.342. The van der Waals surface area contributed by atoms with Crippen molar-refractivity contribution in [3.05, 3.63) is 59.4 Å². The van der Waals surface area contributed by atoms with Crippen LogP contribution in [0.15, 0.2) is 42.5 Å². The number of anilines is 2. The summed E-state index contributed by atoms with van der Waals surface area (Å²) in [5.74, 6) is -0.381. The maximum Gasteiger partial charge on any atom is 0.126 e. The van der Waals surface area contributed by atoms with Crippen LogP contribution in [0, 0.1) is 17.1 Å². The molecule has 100 valence electrons. The average Bonchev–Trinajstić information content (AvgIpc) is 2.69. The van der Waals surface area contributed by atoms with Gasteiger partial charge in [0.15, 0.2) is 0 Å². The molecule has 2 aromatic rings. The first-order valence-corrected chi connectivity index (χ1v) is 6.55. The van der Waals surface area contributed by atoms with Gasteiger partial charge in [-0.05, 0) is 29.8 Å². The zero-order valence-electron chi connectivity index (χ0n) is 10.9. The fourth-order valence-electron chi connectivity index (χ4n) is 2.52. The highest BCUT2D eigenvalue weighted by Crippen LogP contribution is 2.30. The monoisotopic (exact) mass is 267 g/mol. The summed E-state index contributed by atoms with van der Waals surface area (Å²) in [5.41, 5.74) is 3.30. The summed E-state index contributed by atoms with van der Waals surface area (Å²) in [6, 6.07) is 14.5. The van der Waals surface area contributed by atoms with E-state index in [1.54, 1.807) is 6.07 Å². The maximum absolute atomic E-state index is 13.7. The van der Waals surface area contributed by atoms with Crippen LogP contribution in [0.1, 0.15) is 11.1 Å². The average molecular weight is 267 g/mol. The summed E-state index contributed by atoms with van der Waals surface area (Å²) >= 11 is 0. The molecular formula is C16H14FN3. The van der Waals surface area contributed by atoms with E-state index in [9.17, 15) is 4.39 Å². The number of halogens is 1. The Morgan fingerprint density at radius 3 is 2.90 bits per heavy atom. The fraction of sp³-hybridized carbons (Fsp3) is 0.188. The molecule has 1 heterocycles. The van der Waals surface area contributed by atoms with Crippen LogP contribution in [0.5, 0.6) is 0 Å². The molecule has 0 radical (unpaired) electrons. The quantitative estimate of drug-likeness (QED) is 0.863. The van der Waals surface area contributed by atoms with Gasteiger partial charge in [-0.1, -0.05) is 18.2 Å². The molecule has 1 aliphatic rings. The predicted molar refractivity (Wildman–Crippen MR) is 76.3 cm³/mol. The van der Waals surface area contributed by atoms with Crippen molar-refractivity contribution in [3.8, 4) is 6.07 Å². The van der Waals surface area contributed by atoms with E-state index in [0.29, 0.717) is 5.56 Å². The second-order valence-electron chi connectivity index (χ2n) is 4.77. The van der Waals surface area contributed by atoms with Gasteiger partial charge in [-0.3, -0.25) is 0 Å². The largest absolute Gasteiger partial charge is 0.340 e. The third kappa shape index (κ3) is 2.36. The van der Waals surface area contributed by atoms with Crippen molar-refractivity contribution >= 4 is 11.4 Å². The first-order chi connectivity index (χ1) is 9.78. The van der Waals surface area contributed by atoms with E-state index in [0.717, 1.165) is 31.0 Å². The molecule has 2 aromatic carbocycles. The van der Waals surface area contributed by atoms with E-state index in [2.05, 4.69) is 16.3 Å². The Hall–Kier alpha value is -2.38. The number of hydrogen-bond acceptors (Lipinski definition) is 3. The number of nitrogens with one attached hydrogen (secondary N) is 1. The summed E-state index contributed by atoms with van der Waals surface area (Å²) in [6.45, 7) is 2.35. The molecule has 3 nitrogen and oxygen atoms in total. The van der Waals surface area contributed by atoms with Crippen LogP contribution in [0.3, 0.4) is 0 Å². The summed E-state index contributed by atoms with van der Waals surface area (Å²) in [7, 11) is 0. The van der Waals surface area contributed by atoms with Crippen molar-refractivity contribution in [2.75, 3.05) is 18.0 Å². The predicted octanol–water partition coefficient (Wildman–Crippen LogP) is 2.94. The molecule has 20 heavy (non-hydrogen) atoms. The lowest BCUT2D eigenvalue weighted by molar-refractivity contribution is 0.626. The minimum atomic E-state index is -0.381. The zero-order valence-corrected chi connectivity index (χ0v) is 10.9. The smallest absolute Gasteiger partial charge is 0.126 e. The third-order valence-electron chi connectivity index (χ3n) is 3.43. The van der Waals surface area contributed by atoms with Crippen LogP contribution in [0.4, 0.5) is 15.8 Å². The number of para-hydroxylation sites is 1. The van der Waals surface area contributed by atoms with Crippen molar-refractivity contribution in [2.24, 2.45) is 0 Å². The molecule has 0 bridgehead atoms. The molecule has 0 unspecified atom stereocenters. The maximum atomic E-state index is 13.7. The molecule has 3 rings (SSSR count). The van der Waals surface area contributed by atoms with Crippen LogP contribution in [0.25, 0.3) is 0 Å². The van der Waals surface area contributed by atoms with Crippen molar-refractivity contribution in [2.45, 2.75) is 6.54 Å². The fourth-order valence-corrected chi connectivity index (χ4v) is 2.52. The first kappa shape index (κ1) is 12.6. The molecule has 0 amide bonds. The van der Waals surface area contributed by atoms with E-state index in [1.807, 2.05) is 24.3 Å². The van der Waals surface area contributed by atoms with Crippen LogP contribution < -0.4 is 10.2 Å². The van der Waals surface area contributed by atoms with Crippen LogP contribution in [0.2, 0.25) is 0 Å². The van der Waals surface area contributed by atoms with Gasteiger partial charge in [0.1, 0.15) is 5.82 Å². The zero-order chi connectivity index (χ0) is 13.9. The summed E-state index contributed by atoms with van der Waals surface area (Å²) in [4.78, 5) is 2.05. The molecule has 0 saturated carbocycles. The Morgan fingerprint density at radius 1 is 1.20 bits per heavy atom. The molecule has 0 aliphatic carbocycles. The van der Waals surface area contributed by atoms with Crippen molar-refractivity contribution in [1.82, 2.24) is 5.32 Å². The van der Waals surface area contributed by atoms with Gasteiger partial charge in [-0.25, -0.2) is 4.39 Å². The lowest BCUT2D eigenvalue weighted by atomic mass is 10.1. The Morgan fingerprint density at radius 2 is 2.05 bits per heavy atom. The molecule has 4 heteroatoms. The molecular weight excluding hydrogens is 253 g/mol. The van der Waals surface area contributed by atoms with E-state index in [1.165, 1.54) is 17.7 Å². The molecule has 0 fully saturated rings. The van der Waals surface area contributed by atoms with Gasteiger partial charge in [0.2, 0.25) is 0 Å². The van der Waals surface area contributed by atoms with E-state index in [-0.39, 0.29) is 5.82 Å². The van der Waals surface area contributed by atoms with Crippen LogP contribution in [-0.4, -0.2) is 13.1 Å². The summed E-state index contributed by atoms with van der Waals surface area (Å²) < 4.78 is 13.7. The van der Waals surface area contributed by atoms with Crippen molar-refractivity contribution in [3.63, 3.8) is 0 Å². The van der Waals surface area contributed by atoms with Gasteiger partial charge in [0, 0.05) is 31.0 Å². The SMILES string of the molecule is N#Cc1cc(F)cc(N2CCNCc3ccccc32)c1. The Kier molecular flexibility index (Phi) is 3.36. The van der Waals surface area contributed by atoms with Gasteiger partial charge >= 0.3 is 0 Å². The molecule has 1 N–H and O–H groups in total. The first-order valence-electron chi connectivity index (χ1n) is 6.55. The number of benzene rings is 2. The van der Waals surface area contributed by atoms with Gasteiger partial charge in [-0.2, -0.15) is 5.26 Å². The minimum Gasteiger partial charge on any atom is -0.340 e. The second kappa shape index (κ2) is 5.32. The summed E-state index contributed by atoms with van der Waals surface area (Å²) in [6.07, 6.45) is 0. The molecule has 0 atom stereocenters. The molecule has 1 aliphatic heterocycles. The van der Waals surface area contributed by atoms with Gasteiger partial charge in [0.25, 0.3) is 0 Å². The second-order valence-corrected chi connectivity index (χ2v) is 4.77. The number of rotatable bonds is 1. The molecule has 0 spiro atoms. The number of nitriles is 1. The number of hydrogen-bond donors (Lipinski definition) is 1. The van der Waals surface area contributed by atoms with Crippen molar-refractivity contribution < 1.29 is 4.39 Å². The normalized spacial score (nSPS) is 14.3. The van der Waals surface area contributed by atoms with E-state index < -0.39 is 0 Å². The summed E-state index contributed by atoms with van der Waals surface area (Å²) in [5, 5.41) is 12.3. The van der Waals surface area contributed by atoms with Crippen LogP contribution in [-0.2, 0) is 6.54 Å². The van der Waals surface area contributed by atoms with E-state index in [4.69, 9.17) is 5.26 Å². The topological polar surface area (TPSA) is 39.1 Å². The lowest BCUT2D eigenvalue weighted by Crippen LogP contribution is -2.24. The number of fused-ring (bicyclic) bond motifs is 1.